The van der Waals surface area contributed by atoms with Crippen molar-refractivity contribution in [2.45, 2.75) is 87.2 Å². The molecule has 0 saturated carbocycles. The molecule has 1 heterocycles. The van der Waals surface area contributed by atoms with Gasteiger partial charge in [-0.15, -0.1) is 0 Å². The molecule has 3 heteroatoms. The summed E-state index contributed by atoms with van der Waals surface area (Å²) in [5.74, 6) is 0.962. The lowest BCUT2D eigenvalue weighted by Crippen LogP contribution is -2.36. The number of anilines is 1. The lowest BCUT2D eigenvalue weighted by molar-refractivity contribution is 0.300. The van der Waals surface area contributed by atoms with Gasteiger partial charge in [-0.1, -0.05) is 50.6 Å². The van der Waals surface area contributed by atoms with Gasteiger partial charge in [0.25, 0.3) is 0 Å². The Morgan fingerprint density at radius 1 is 0.967 bits per heavy atom. The van der Waals surface area contributed by atoms with Gasteiger partial charge in [0.15, 0.2) is 0 Å². The van der Waals surface area contributed by atoms with Crippen molar-refractivity contribution in [3.8, 4) is 11.1 Å². The van der Waals surface area contributed by atoms with Gasteiger partial charge >= 0.3 is 0 Å². The van der Waals surface area contributed by atoms with Gasteiger partial charge in [-0.2, -0.15) is 0 Å². The number of aromatic nitrogens is 2. The molecule has 3 aromatic rings. The summed E-state index contributed by atoms with van der Waals surface area (Å²) >= 11 is 0. The number of imidazole rings is 1. The monoisotopic (exact) mass is 405 g/mol. The maximum absolute atomic E-state index is 5.18. The van der Waals surface area contributed by atoms with E-state index in [9.17, 15) is 0 Å². The van der Waals surface area contributed by atoms with Crippen molar-refractivity contribution < 1.29 is 0 Å². The molecular formula is C27H39N3. The van der Waals surface area contributed by atoms with E-state index in [4.69, 9.17) is 4.98 Å². The molecule has 0 radical (unpaired) electrons. The molecule has 2 aromatic carbocycles. The van der Waals surface area contributed by atoms with E-state index in [0.29, 0.717) is 6.04 Å². The summed E-state index contributed by atoms with van der Waals surface area (Å²) in [5, 5.41) is 3.78. The molecule has 0 amide bonds. The number of benzene rings is 2. The lowest BCUT2D eigenvalue weighted by Gasteiger charge is -2.34. The molecule has 0 saturated heterocycles. The minimum Gasteiger partial charge on any atom is -0.351 e. The van der Waals surface area contributed by atoms with E-state index in [1.165, 1.54) is 33.3 Å². The Labute approximate surface area is 182 Å². The minimum atomic E-state index is -0.0535. The largest absolute Gasteiger partial charge is 0.351 e. The highest BCUT2D eigenvalue weighted by molar-refractivity contribution is 5.95. The first kappa shape index (κ1) is 22.4. The fraction of sp³-hybridized carbons (Fsp3) is 0.519. The van der Waals surface area contributed by atoms with Crippen LogP contribution >= 0.6 is 0 Å². The zero-order chi connectivity index (χ0) is 22.4. The summed E-state index contributed by atoms with van der Waals surface area (Å²) in [5.41, 5.74) is 8.90. The smallest absolute Gasteiger partial charge is 0.204 e. The second kappa shape index (κ2) is 7.76. The Bertz CT molecular complexity index is 1040. The summed E-state index contributed by atoms with van der Waals surface area (Å²) < 4.78 is 2.35. The highest BCUT2D eigenvalue weighted by Gasteiger charge is 2.28. The predicted octanol–water partition coefficient (Wildman–Crippen LogP) is 7.84. The minimum absolute atomic E-state index is 0.0535. The summed E-state index contributed by atoms with van der Waals surface area (Å²) in [6, 6.07) is 11.4. The number of rotatable bonds is 5. The van der Waals surface area contributed by atoms with E-state index >= 15 is 0 Å². The number of hydrogen-bond donors (Lipinski definition) is 1. The van der Waals surface area contributed by atoms with Crippen LogP contribution < -0.4 is 5.32 Å². The van der Waals surface area contributed by atoms with Crippen LogP contribution in [0.1, 0.15) is 77.6 Å². The SMILES string of the molecule is Cc1cc(C)c(-c2cccc3c2nc(NC(C)(C)CC(C)(C)C)n3C(C)C)c(C)c1. The van der Waals surface area contributed by atoms with E-state index in [1.807, 2.05) is 0 Å². The molecular weight excluding hydrogens is 366 g/mol. The third kappa shape index (κ3) is 4.55. The first-order chi connectivity index (χ1) is 13.8. The highest BCUT2D eigenvalue weighted by atomic mass is 15.2. The van der Waals surface area contributed by atoms with Gasteiger partial charge in [0.1, 0.15) is 0 Å². The van der Waals surface area contributed by atoms with E-state index in [2.05, 4.69) is 109 Å². The third-order valence-electron chi connectivity index (χ3n) is 5.61. The molecule has 30 heavy (non-hydrogen) atoms. The molecule has 1 N–H and O–H groups in total. The third-order valence-corrected chi connectivity index (χ3v) is 5.61. The molecule has 3 nitrogen and oxygen atoms in total. The van der Waals surface area contributed by atoms with Crippen LogP contribution in [0.4, 0.5) is 5.95 Å². The topological polar surface area (TPSA) is 29.9 Å². The molecule has 3 rings (SSSR count). The number of hydrogen-bond acceptors (Lipinski definition) is 2. The zero-order valence-electron chi connectivity index (χ0n) is 20.6. The lowest BCUT2D eigenvalue weighted by atomic mass is 9.82. The normalized spacial score (nSPS) is 12.8. The molecule has 1 aromatic heterocycles. The number of nitrogens with zero attached hydrogens (tertiary/aromatic N) is 2. The summed E-state index contributed by atoms with van der Waals surface area (Å²) in [6.45, 7) is 22.5. The Morgan fingerprint density at radius 3 is 2.10 bits per heavy atom. The first-order valence-electron chi connectivity index (χ1n) is 11.2. The van der Waals surface area contributed by atoms with Crippen molar-refractivity contribution >= 4 is 17.0 Å². The zero-order valence-corrected chi connectivity index (χ0v) is 20.6. The first-order valence-corrected chi connectivity index (χ1v) is 11.2. The highest BCUT2D eigenvalue weighted by Crippen LogP contribution is 2.37. The van der Waals surface area contributed by atoms with Crippen molar-refractivity contribution in [1.82, 2.24) is 9.55 Å². The van der Waals surface area contributed by atoms with Gasteiger partial charge in [-0.05, 0) is 83.1 Å². The Kier molecular flexibility index (Phi) is 5.79. The van der Waals surface area contributed by atoms with Crippen LogP contribution in [-0.4, -0.2) is 15.1 Å². The molecule has 0 atom stereocenters. The van der Waals surface area contributed by atoms with E-state index in [1.54, 1.807) is 0 Å². The van der Waals surface area contributed by atoms with Gasteiger partial charge in [0.05, 0.1) is 11.0 Å². The van der Waals surface area contributed by atoms with Gasteiger partial charge in [-0.3, -0.25) is 0 Å². The molecule has 0 aliphatic rings. The van der Waals surface area contributed by atoms with Crippen molar-refractivity contribution in [2.75, 3.05) is 5.32 Å². The molecule has 162 valence electrons. The van der Waals surface area contributed by atoms with Gasteiger partial charge < -0.3 is 9.88 Å². The van der Waals surface area contributed by atoms with Crippen molar-refractivity contribution in [3.63, 3.8) is 0 Å². The van der Waals surface area contributed by atoms with Gasteiger partial charge in [0.2, 0.25) is 5.95 Å². The van der Waals surface area contributed by atoms with Crippen molar-refractivity contribution in [1.29, 1.82) is 0 Å². The summed E-state index contributed by atoms with van der Waals surface area (Å²) in [6.07, 6.45) is 1.06. The average Bonchev–Trinajstić information content (AvgIpc) is 2.89. The maximum Gasteiger partial charge on any atom is 0.204 e. The van der Waals surface area contributed by atoms with E-state index in [-0.39, 0.29) is 11.0 Å². The van der Waals surface area contributed by atoms with Crippen LogP contribution in [0.3, 0.4) is 0 Å². The number of fused-ring (bicyclic) bond motifs is 1. The van der Waals surface area contributed by atoms with Gasteiger partial charge in [-0.25, -0.2) is 4.98 Å². The fourth-order valence-electron chi connectivity index (χ4n) is 5.21. The van der Waals surface area contributed by atoms with Crippen LogP contribution in [-0.2, 0) is 0 Å². The molecule has 0 fully saturated rings. The molecule has 0 spiro atoms. The van der Waals surface area contributed by atoms with E-state index < -0.39 is 0 Å². The standard InChI is InChI=1S/C27H39N3/c1-17(2)30-22-13-11-12-21(23-19(4)14-18(3)15-20(23)5)24(22)28-25(30)29-27(9,10)16-26(6,7)8/h11-15,17H,16H2,1-10H3,(H,28,29). The summed E-state index contributed by atoms with van der Waals surface area (Å²) in [7, 11) is 0. The Morgan fingerprint density at radius 2 is 1.57 bits per heavy atom. The molecule has 0 aliphatic heterocycles. The molecule has 0 bridgehead atoms. The van der Waals surface area contributed by atoms with Crippen LogP contribution in [0.25, 0.3) is 22.2 Å². The van der Waals surface area contributed by atoms with Gasteiger partial charge in [0, 0.05) is 17.1 Å². The van der Waals surface area contributed by atoms with Crippen LogP contribution in [0.15, 0.2) is 30.3 Å². The quantitative estimate of drug-likeness (QED) is 0.468. The second-order valence-electron chi connectivity index (χ2n) is 11.1. The number of para-hydroxylation sites is 1. The maximum atomic E-state index is 5.18. The van der Waals surface area contributed by atoms with Crippen LogP contribution in [0.5, 0.6) is 0 Å². The van der Waals surface area contributed by atoms with E-state index in [0.717, 1.165) is 17.9 Å². The van der Waals surface area contributed by atoms with Crippen LogP contribution in [0.2, 0.25) is 0 Å². The predicted molar refractivity (Wildman–Crippen MR) is 132 cm³/mol. The second-order valence-corrected chi connectivity index (χ2v) is 11.1. The number of nitrogens with one attached hydrogen (secondary N) is 1. The summed E-state index contributed by atoms with van der Waals surface area (Å²) in [4.78, 5) is 5.18. The average molecular weight is 406 g/mol. The van der Waals surface area contributed by atoms with Crippen molar-refractivity contribution in [3.05, 3.63) is 47.0 Å². The molecule has 0 aliphatic carbocycles. The molecule has 0 unspecified atom stereocenters. The van der Waals surface area contributed by atoms with Crippen LogP contribution in [0, 0.1) is 26.2 Å². The Hall–Kier alpha value is -2.29. The fourth-order valence-corrected chi connectivity index (χ4v) is 5.21. The number of aryl methyl sites for hydroxylation is 3. The van der Waals surface area contributed by atoms with Crippen molar-refractivity contribution in [2.24, 2.45) is 5.41 Å². The Balaban J connectivity index is 2.21.